The number of ether oxygens (including phenoxy) is 2. The SMILES string of the molecule is COc1cc(C(=O)NC2CCN(C)CC2)ccc1Nc1ncc(C(C)=O)c(COc2c(F)c(F)c(F)c(F)c2F)n1. The van der Waals surface area contributed by atoms with Crippen LogP contribution < -0.4 is 20.1 Å². The van der Waals surface area contributed by atoms with E-state index >= 15 is 0 Å². The minimum atomic E-state index is -2.33. The molecule has 0 radical (unpaired) electrons. The normalized spacial score (nSPS) is 14.0. The van der Waals surface area contributed by atoms with Gasteiger partial charge in [-0.2, -0.15) is 8.78 Å². The van der Waals surface area contributed by atoms with Crippen molar-refractivity contribution in [3.8, 4) is 11.5 Å². The maximum Gasteiger partial charge on any atom is 0.251 e. The van der Waals surface area contributed by atoms with Crippen LogP contribution in [-0.4, -0.2) is 59.8 Å². The van der Waals surface area contributed by atoms with Crippen LogP contribution in [0.2, 0.25) is 0 Å². The number of hydrogen-bond acceptors (Lipinski definition) is 8. The number of Topliss-reactive ketones (excluding diaryl/α,β-unsaturated/α-hetero) is 1. The van der Waals surface area contributed by atoms with Gasteiger partial charge in [0.2, 0.25) is 35.0 Å². The molecule has 0 spiro atoms. The van der Waals surface area contributed by atoms with Crippen molar-refractivity contribution in [3.05, 3.63) is 70.3 Å². The Morgan fingerprint density at radius 2 is 1.66 bits per heavy atom. The first-order chi connectivity index (χ1) is 19.5. The molecule has 4 rings (SSSR count). The zero-order chi connectivity index (χ0) is 29.8. The van der Waals surface area contributed by atoms with Crippen molar-refractivity contribution in [2.75, 3.05) is 32.6 Å². The van der Waals surface area contributed by atoms with Gasteiger partial charge in [0.05, 0.1) is 24.1 Å². The molecule has 0 bridgehead atoms. The maximum absolute atomic E-state index is 14.0. The van der Waals surface area contributed by atoms with Crippen molar-refractivity contribution < 1.29 is 41.0 Å². The van der Waals surface area contributed by atoms with Gasteiger partial charge in [-0.3, -0.25) is 9.59 Å². The molecule has 2 aromatic carbocycles. The minimum absolute atomic E-state index is 0.0566. The number of halogens is 5. The van der Waals surface area contributed by atoms with Crippen LogP contribution in [0.25, 0.3) is 0 Å². The number of likely N-dealkylation sites (tertiary alicyclic amines) is 1. The topological polar surface area (TPSA) is 106 Å². The van der Waals surface area contributed by atoms with Gasteiger partial charge in [0.25, 0.3) is 5.91 Å². The molecule has 2 heterocycles. The summed E-state index contributed by atoms with van der Waals surface area (Å²) in [6.45, 7) is 2.12. The van der Waals surface area contributed by atoms with Gasteiger partial charge < -0.3 is 25.0 Å². The van der Waals surface area contributed by atoms with Crippen LogP contribution in [0.5, 0.6) is 11.5 Å². The summed E-state index contributed by atoms with van der Waals surface area (Å²) >= 11 is 0. The summed E-state index contributed by atoms with van der Waals surface area (Å²) in [6, 6.07) is 4.69. The fourth-order valence-electron chi connectivity index (χ4n) is 4.21. The van der Waals surface area contributed by atoms with Crippen molar-refractivity contribution in [1.82, 2.24) is 20.2 Å². The van der Waals surface area contributed by atoms with Crippen molar-refractivity contribution in [1.29, 1.82) is 0 Å². The van der Waals surface area contributed by atoms with Crippen LogP contribution in [0.3, 0.4) is 0 Å². The van der Waals surface area contributed by atoms with Gasteiger partial charge >= 0.3 is 0 Å². The number of amides is 1. The first-order valence-electron chi connectivity index (χ1n) is 12.5. The Bertz CT molecular complexity index is 1450. The summed E-state index contributed by atoms with van der Waals surface area (Å²) in [5, 5.41) is 5.87. The second kappa shape index (κ2) is 12.5. The second-order valence-electron chi connectivity index (χ2n) is 9.39. The molecular formula is C27H26F5N5O4. The molecule has 0 saturated carbocycles. The van der Waals surface area contributed by atoms with Crippen molar-refractivity contribution in [3.63, 3.8) is 0 Å². The van der Waals surface area contributed by atoms with E-state index in [9.17, 15) is 31.5 Å². The zero-order valence-electron chi connectivity index (χ0n) is 22.3. The number of piperidine rings is 1. The molecule has 0 atom stereocenters. The first-order valence-corrected chi connectivity index (χ1v) is 12.5. The number of aromatic nitrogens is 2. The predicted molar refractivity (Wildman–Crippen MR) is 137 cm³/mol. The Labute approximate surface area is 231 Å². The zero-order valence-corrected chi connectivity index (χ0v) is 22.3. The number of anilines is 2. The Morgan fingerprint density at radius 1 is 1.02 bits per heavy atom. The highest BCUT2D eigenvalue weighted by Crippen LogP contribution is 2.31. The van der Waals surface area contributed by atoms with Crippen LogP contribution >= 0.6 is 0 Å². The third kappa shape index (κ3) is 6.53. The Hall–Kier alpha value is -4.33. The number of nitrogens with zero attached hydrogens (tertiary/aromatic N) is 3. The van der Waals surface area contributed by atoms with Crippen LogP contribution in [0.1, 0.15) is 46.2 Å². The van der Waals surface area contributed by atoms with Crippen LogP contribution in [0.4, 0.5) is 33.6 Å². The van der Waals surface area contributed by atoms with Crippen LogP contribution in [0, 0.1) is 29.1 Å². The van der Waals surface area contributed by atoms with Crippen LogP contribution in [0.15, 0.2) is 24.4 Å². The van der Waals surface area contributed by atoms with E-state index in [4.69, 9.17) is 9.47 Å². The summed E-state index contributed by atoms with van der Waals surface area (Å²) in [6.07, 6.45) is 2.79. The standard InChI is InChI=1S/C27H26F5N5O4/c1-13(38)16-11-33-27(36-18(16)12-41-25-23(31)21(29)20(28)22(30)24(25)32)35-17-5-4-14(10-19(17)40-3)26(39)34-15-6-8-37(2)9-7-15/h4-5,10-11,15H,6-9,12H2,1-3H3,(H,34,39)(H,33,35,36). The monoisotopic (exact) mass is 579 g/mol. The van der Waals surface area contributed by atoms with Gasteiger partial charge in [-0.25, -0.2) is 23.1 Å². The fourth-order valence-corrected chi connectivity index (χ4v) is 4.21. The summed E-state index contributed by atoms with van der Waals surface area (Å²) in [7, 11) is 3.41. The lowest BCUT2D eigenvalue weighted by atomic mass is 10.0. The van der Waals surface area contributed by atoms with Gasteiger partial charge in [0.15, 0.2) is 11.5 Å². The number of carbonyl (C=O) groups is 2. The maximum atomic E-state index is 14.0. The molecule has 218 valence electrons. The van der Waals surface area contributed by atoms with Gasteiger partial charge in [0, 0.05) is 17.8 Å². The number of methoxy groups -OCH3 is 1. The molecular weight excluding hydrogens is 553 g/mol. The molecule has 1 saturated heterocycles. The third-order valence-corrected chi connectivity index (χ3v) is 6.53. The summed E-state index contributed by atoms with van der Waals surface area (Å²) in [5.74, 6) is -13.2. The van der Waals surface area contributed by atoms with Crippen molar-refractivity contribution in [2.45, 2.75) is 32.4 Å². The molecule has 1 aliphatic rings. The lowest BCUT2D eigenvalue weighted by molar-refractivity contribution is 0.0916. The highest BCUT2D eigenvalue weighted by molar-refractivity contribution is 5.96. The molecule has 3 aromatic rings. The summed E-state index contributed by atoms with van der Waals surface area (Å²) < 4.78 is 78.8. The van der Waals surface area contributed by atoms with E-state index in [1.807, 2.05) is 7.05 Å². The van der Waals surface area contributed by atoms with E-state index in [0.29, 0.717) is 11.3 Å². The summed E-state index contributed by atoms with van der Waals surface area (Å²) in [5.41, 5.74) is 0.404. The van der Waals surface area contributed by atoms with E-state index in [1.54, 1.807) is 12.1 Å². The van der Waals surface area contributed by atoms with E-state index in [1.165, 1.54) is 20.1 Å². The van der Waals surface area contributed by atoms with Gasteiger partial charge in [-0.1, -0.05) is 0 Å². The first kappa shape index (κ1) is 29.6. The quantitative estimate of drug-likeness (QED) is 0.165. The molecule has 0 unspecified atom stereocenters. The molecule has 14 heteroatoms. The highest BCUT2D eigenvalue weighted by Gasteiger charge is 2.28. The average molecular weight is 580 g/mol. The smallest absolute Gasteiger partial charge is 0.251 e. The summed E-state index contributed by atoms with van der Waals surface area (Å²) in [4.78, 5) is 35.2. The fraction of sp³-hybridized carbons (Fsp3) is 0.333. The molecule has 1 amide bonds. The van der Waals surface area contributed by atoms with E-state index < -0.39 is 47.2 Å². The average Bonchev–Trinajstić information content (AvgIpc) is 2.96. The Kier molecular flexibility index (Phi) is 9.01. The molecule has 9 nitrogen and oxygen atoms in total. The lowest BCUT2D eigenvalue weighted by Crippen LogP contribution is -2.43. The largest absolute Gasteiger partial charge is 0.495 e. The van der Waals surface area contributed by atoms with Gasteiger partial charge in [-0.05, 0) is 58.1 Å². The Balaban J connectivity index is 1.54. The number of hydrogen-bond donors (Lipinski definition) is 2. The van der Waals surface area contributed by atoms with Crippen LogP contribution in [-0.2, 0) is 6.61 Å². The predicted octanol–water partition coefficient (Wildman–Crippen LogP) is 4.53. The number of carbonyl (C=O) groups excluding carboxylic acids is 2. The molecule has 0 aliphatic carbocycles. The Morgan fingerprint density at radius 3 is 2.27 bits per heavy atom. The highest BCUT2D eigenvalue weighted by atomic mass is 19.2. The lowest BCUT2D eigenvalue weighted by Gasteiger charge is -2.29. The molecule has 41 heavy (non-hydrogen) atoms. The number of ketones is 1. The van der Waals surface area contributed by atoms with Gasteiger partial charge in [0.1, 0.15) is 12.4 Å². The van der Waals surface area contributed by atoms with Gasteiger partial charge in [-0.15, -0.1) is 0 Å². The van der Waals surface area contributed by atoms with E-state index in [0.717, 1.165) is 32.1 Å². The molecule has 1 fully saturated rings. The van der Waals surface area contributed by atoms with Crippen molar-refractivity contribution >= 4 is 23.3 Å². The third-order valence-electron chi connectivity index (χ3n) is 6.53. The number of rotatable bonds is 9. The second-order valence-corrected chi connectivity index (χ2v) is 9.39. The van der Waals surface area contributed by atoms with Crippen molar-refractivity contribution in [2.24, 2.45) is 0 Å². The molecule has 2 N–H and O–H groups in total. The number of nitrogens with one attached hydrogen (secondary N) is 2. The molecule has 1 aromatic heterocycles. The minimum Gasteiger partial charge on any atom is -0.495 e. The van der Waals surface area contributed by atoms with E-state index in [2.05, 4.69) is 25.5 Å². The van der Waals surface area contributed by atoms with E-state index in [-0.39, 0.29) is 34.9 Å². The molecule has 1 aliphatic heterocycles. The number of benzene rings is 2.